The summed E-state index contributed by atoms with van der Waals surface area (Å²) in [5.41, 5.74) is 0.962. The second-order valence-corrected chi connectivity index (χ2v) is 6.85. The van der Waals surface area contributed by atoms with Gasteiger partial charge in [-0.15, -0.1) is 0 Å². The number of nitrogens with zero attached hydrogens (tertiary/aromatic N) is 5. The predicted octanol–water partition coefficient (Wildman–Crippen LogP) is 1.56. The first-order valence-corrected chi connectivity index (χ1v) is 8.92. The topological polar surface area (TPSA) is 55.7 Å². The van der Waals surface area contributed by atoms with Gasteiger partial charge >= 0.3 is 0 Å². The summed E-state index contributed by atoms with van der Waals surface area (Å²) < 4.78 is 12.7. The van der Waals surface area contributed by atoms with Gasteiger partial charge in [-0.25, -0.2) is 9.67 Å². The standard InChI is InChI=1S/C18H25N5O2/c1-14(22-9-7-21(2)8-10-22)3-6-18-19-12-20-23(18)15-4-5-16-17(11-15)25-13-24-16/h4-5,11-12,14H,3,6-10,13H2,1-2H3. The highest BCUT2D eigenvalue weighted by molar-refractivity contribution is 5.49. The maximum Gasteiger partial charge on any atom is 0.231 e. The van der Waals surface area contributed by atoms with Crippen LogP contribution in [0.15, 0.2) is 24.5 Å². The minimum Gasteiger partial charge on any atom is -0.454 e. The van der Waals surface area contributed by atoms with Crippen LogP contribution in [0.1, 0.15) is 19.2 Å². The summed E-state index contributed by atoms with van der Waals surface area (Å²) in [4.78, 5) is 9.43. The number of rotatable bonds is 5. The molecular weight excluding hydrogens is 318 g/mol. The number of piperazine rings is 1. The summed E-state index contributed by atoms with van der Waals surface area (Å²) in [5, 5.41) is 4.40. The zero-order valence-corrected chi connectivity index (χ0v) is 14.9. The first-order chi connectivity index (χ1) is 12.2. The van der Waals surface area contributed by atoms with Crippen LogP contribution < -0.4 is 9.47 Å². The third kappa shape index (κ3) is 3.48. The SMILES string of the molecule is CC(CCc1ncnn1-c1ccc2c(c1)OCO2)N1CCN(C)CC1. The predicted molar refractivity (Wildman–Crippen MR) is 94.3 cm³/mol. The second kappa shape index (κ2) is 7.01. The van der Waals surface area contributed by atoms with E-state index in [0.29, 0.717) is 6.04 Å². The van der Waals surface area contributed by atoms with E-state index in [2.05, 4.69) is 33.9 Å². The zero-order valence-electron chi connectivity index (χ0n) is 14.9. The lowest BCUT2D eigenvalue weighted by Crippen LogP contribution is -2.48. The van der Waals surface area contributed by atoms with E-state index in [-0.39, 0.29) is 6.79 Å². The Hall–Kier alpha value is -2.12. The molecular formula is C18H25N5O2. The number of aryl methyl sites for hydroxylation is 1. The summed E-state index contributed by atoms with van der Waals surface area (Å²) in [6, 6.07) is 6.44. The van der Waals surface area contributed by atoms with E-state index in [1.807, 2.05) is 22.9 Å². The monoisotopic (exact) mass is 343 g/mol. The van der Waals surface area contributed by atoms with Crippen LogP contribution in [0.2, 0.25) is 0 Å². The zero-order chi connectivity index (χ0) is 17.2. The number of aromatic nitrogens is 3. The van der Waals surface area contributed by atoms with Crippen molar-refractivity contribution in [3.05, 3.63) is 30.4 Å². The number of benzene rings is 1. The maximum absolute atomic E-state index is 5.47. The third-order valence-electron chi connectivity index (χ3n) is 5.17. The molecule has 2 aliphatic rings. The average molecular weight is 343 g/mol. The van der Waals surface area contributed by atoms with Crippen LogP contribution in [0.3, 0.4) is 0 Å². The van der Waals surface area contributed by atoms with E-state index < -0.39 is 0 Å². The lowest BCUT2D eigenvalue weighted by atomic mass is 10.1. The van der Waals surface area contributed by atoms with Crippen molar-refractivity contribution in [3.8, 4) is 17.2 Å². The highest BCUT2D eigenvalue weighted by Crippen LogP contribution is 2.33. The van der Waals surface area contributed by atoms with Crippen molar-refractivity contribution in [3.63, 3.8) is 0 Å². The van der Waals surface area contributed by atoms with Crippen LogP contribution in [-0.4, -0.2) is 70.6 Å². The van der Waals surface area contributed by atoms with Gasteiger partial charge in [0.25, 0.3) is 0 Å². The molecule has 0 N–H and O–H groups in total. The van der Waals surface area contributed by atoms with Gasteiger partial charge in [0.1, 0.15) is 12.2 Å². The summed E-state index contributed by atoms with van der Waals surface area (Å²) in [7, 11) is 2.19. The van der Waals surface area contributed by atoms with Crippen molar-refractivity contribution in [2.45, 2.75) is 25.8 Å². The molecule has 1 unspecified atom stereocenters. The molecule has 134 valence electrons. The molecule has 4 rings (SSSR count). The molecule has 2 aromatic rings. The largest absolute Gasteiger partial charge is 0.454 e. The summed E-state index contributed by atoms with van der Waals surface area (Å²) >= 11 is 0. The Morgan fingerprint density at radius 2 is 1.92 bits per heavy atom. The number of fused-ring (bicyclic) bond motifs is 1. The van der Waals surface area contributed by atoms with Crippen molar-refractivity contribution < 1.29 is 9.47 Å². The van der Waals surface area contributed by atoms with Gasteiger partial charge in [-0.05, 0) is 32.5 Å². The van der Waals surface area contributed by atoms with Crippen molar-refractivity contribution >= 4 is 0 Å². The lowest BCUT2D eigenvalue weighted by molar-refractivity contribution is 0.114. The Balaban J connectivity index is 1.42. The number of hydrogen-bond donors (Lipinski definition) is 0. The van der Waals surface area contributed by atoms with Crippen LogP contribution in [0.25, 0.3) is 5.69 Å². The minimum absolute atomic E-state index is 0.283. The molecule has 0 aliphatic carbocycles. The fourth-order valence-electron chi connectivity index (χ4n) is 3.45. The summed E-state index contributed by atoms with van der Waals surface area (Å²) in [5.74, 6) is 2.54. The molecule has 7 heteroatoms. The van der Waals surface area contributed by atoms with Gasteiger partial charge in [0.2, 0.25) is 6.79 Å². The normalized spacial score (nSPS) is 19.3. The van der Waals surface area contributed by atoms with E-state index in [4.69, 9.17) is 9.47 Å². The van der Waals surface area contributed by atoms with Crippen molar-refractivity contribution in [2.75, 3.05) is 40.0 Å². The lowest BCUT2D eigenvalue weighted by Gasteiger charge is -2.36. The van der Waals surface area contributed by atoms with Crippen molar-refractivity contribution in [1.29, 1.82) is 0 Å². The van der Waals surface area contributed by atoms with Gasteiger partial charge in [-0.1, -0.05) is 0 Å². The molecule has 25 heavy (non-hydrogen) atoms. The summed E-state index contributed by atoms with van der Waals surface area (Å²) in [6.45, 7) is 7.19. The molecule has 1 aromatic carbocycles. The Morgan fingerprint density at radius 3 is 2.76 bits per heavy atom. The number of hydrogen-bond acceptors (Lipinski definition) is 6. The molecule has 1 saturated heterocycles. The van der Waals surface area contributed by atoms with Gasteiger partial charge in [-0.3, -0.25) is 4.90 Å². The van der Waals surface area contributed by atoms with Crippen molar-refractivity contribution in [2.24, 2.45) is 0 Å². The molecule has 1 fully saturated rings. The molecule has 2 aliphatic heterocycles. The van der Waals surface area contributed by atoms with Crippen LogP contribution in [-0.2, 0) is 6.42 Å². The van der Waals surface area contributed by atoms with Crippen LogP contribution in [0, 0.1) is 0 Å². The molecule has 0 saturated carbocycles. The van der Waals surface area contributed by atoms with E-state index >= 15 is 0 Å². The van der Waals surface area contributed by atoms with Gasteiger partial charge in [0, 0.05) is 44.7 Å². The fourth-order valence-corrected chi connectivity index (χ4v) is 3.45. The van der Waals surface area contributed by atoms with Gasteiger partial charge in [0.15, 0.2) is 11.5 Å². The molecule has 0 spiro atoms. The van der Waals surface area contributed by atoms with Crippen LogP contribution in [0.5, 0.6) is 11.5 Å². The molecule has 3 heterocycles. The smallest absolute Gasteiger partial charge is 0.231 e. The quantitative estimate of drug-likeness (QED) is 0.821. The van der Waals surface area contributed by atoms with E-state index in [9.17, 15) is 0 Å². The van der Waals surface area contributed by atoms with E-state index in [1.165, 1.54) is 0 Å². The number of ether oxygens (including phenoxy) is 2. The molecule has 0 radical (unpaired) electrons. The Morgan fingerprint density at radius 1 is 1.12 bits per heavy atom. The van der Waals surface area contributed by atoms with Gasteiger partial charge < -0.3 is 14.4 Å². The molecule has 1 aromatic heterocycles. The van der Waals surface area contributed by atoms with Crippen molar-refractivity contribution in [1.82, 2.24) is 24.6 Å². The molecule has 7 nitrogen and oxygen atoms in total. The van der Waals surface area contributed by atoms with Crippen LogP contribution >= 0.6 is 0 Å². The fraction of sp³-hybridized carbons (Fsp3) is 0.556. The van der Waals surface area contributed by atoms with Gasteiger partial charge in [-0.2, -0.15) is 5.10 Å². The highest BCUT2D eigenvalue weighted by Gasteiger charge is 2.20. The average Bonchev–Trinajstić information content (AvgIpc) is 3.28. The Labute approximate surface area is 148 Å². The van der Waals surface area contributed by atoms with E-state index in [1.54, 1.807) is 6.33 Å². The molecule has 0 bridgehead atoms. The highest BCUT2D eigenvalue weighted by atomic mass is 16.7. The second-order valence-electron chi connectivity index (χ2n) is 6.85. The van der Waals surface area contributed by atoms with Crippen LogP contribution in [0.4, 0.5) is 0 Å². The number of likely N-dealkylation sites (N-methyl/N-ethyl adjacent to an activating group) is 1. The maximum atomic E-state index is 5.47. The first kappa shape index (κ1) is 16.4. The Bertz CT molecular complexity index is 724. The van der Waals surface area contributed by atoms with E-state index in [0.717, 1.165) is 62.0 Å². The Kier molecular flexibility index (Phi) is 4.59. The molecule has 1 atom stereocenters. The minimum atomic E-state index is 0.283. The summed E-state index contributed by atoms with van der Waals surface area (Å²) in [6.07, 6.45) is 3.61. The first-order valence-electron chi connectivity index (χ1n) is 8.92. The third-order valence-corrected chi connectivity index (χ3v) is 5.17. The van der Waals surface area contributed by atoms with Gasteiger partial charge in [0.05, 0.1) is 5.69 Å². The molecule has 0 amide bonds.